The third-order valence-corrected chi connectivity index (χ3v) is 2.81. The Bertz CT molecular complexity index is 393. The van der Waals surface area contributed by atoms with E-state index in [2.05, 4.69) is 15.3 Å². The Morgan fingerprint density at radius 1 is 1.47 bits per heavy atom. The number of hydrogen-bond donors (Lipinski definition) is 1. The summed E-state index contributed by atoms with van der Waals surface area (Å²) in [6.07, 6.45) is 6.41. The zero-order valence-corrected chi connectivity index (χ0v) is 8.96. The van der Waals surface area contributed by atoms with Gasteiger partial charge in [-0.1, -0.05) is 24.4 Å². The highest BCUT2D eigenvalue weighted by molar-refractivity contribution is 6.30. The number of hydrogen-bond acceptors (Lipinski definition) is 4. The minimum Gasteiger partial charge on any atom is -0.366 e. The maximum Gasteiger partial charge on any atom is 0.178 e. The molecule has 1 aliphatic carbocycles. The predicted molar refractivity (Wildman–Crippen MR) is 57.6 cm³/mol. The molecule has 0 saturated heterocycles. The second-order valence-corrected chi connectivity index (χ2v) is 3.99. The molecule has 1 N–H and O–H groups in total. The SMILES string of the molecule is N#Cc1ncc(NC2CCCC2)nc1Cl. The molecule has 0 bridgehead atoms. The summed E-state index contributed by atoms with van der Waals surface area (Å²) in [5.41, 5.74) is 0.175. The molecule has 5 heteroatoms. The second kappa shape index (κ2) is 4.45. The summed E-state index contributed by atoms with van der Waals surface area (Å²) in [7, 11) is 0. The van der Waals surface area contributed by atoms with E-state index in [1.165, 1.54) is 25.7 Å². The minimum absolute atomic E-state index is 0.167. The normalized spacial score (nSPS) is 16.3. The van der Waals surface area contributed by atoms with Crippen molar-refractivity contribution in [2.24, 2.45) is 0 Å². The molecule has 0 spiro atoms. The van der Waals surface area contributed by atoms with Crippen LogP contribution >= 0.6 is 11.6 Å². The van der Waals surface area contributed by atoms with Crippen molar-refractivity contribution < 1.29 is 0 Å². The van der Waals surface area contributed by atoms with Gasteiger partial charge in [-0.25, -0.2) is 9.97 Å². The Balaban J connectivity index is 2.09. The van der Waals surface area contributed by atoms with Gasteiger partial charge in [-0.15, -0.1) is 0 Å². The van der Waals surface area contributed by atoms with Crippen LogP contribution in [0.25, 0.3) is 0 Å². The number of anilines is 1. The van der Waals surface area contributed by atoms with Crippen LogP contribution in [0.3, 0.4) is 0 Å². The van der Waals surface area contributed by atoms with Gasteiger partial charge in [0.25, 0.3) is 0 Å². The quantitative estimate of drug-likeness (QED) is 0.835. The molecule has 0 aliphatic heterocycles. The summed E-state index contributed by atoms with van der Waals surface area (Å²) in [6.45, 7) is 0. The van der Waals surface area contributed by atoms with Crippen LogP contribution in [0.1, 0.15) is 31.4 Å². The fraction of sp³-hybridized carbons (Fsp3) is 0.500. The zero-order chi connectivity index (χ0) is 10.7. The molecule has 0 aromatic carbocycles. The molecule has 1 saturated carbocycles. The van der Waals surface area contributed by atoms with E-state index in [0.29, 0.717) is 11.9 Å². The molecule has 15 heavy (non-hydrogen) atoms. The predicted octanol–water partition coefficient (Wildman–Crippen LogP) is 2.36. The van der Waals surface area contributed by atoms with Crippen molar-refractivity contribution in [3.8, 4) is 6.07 Å². The van der Waals surface area contributed by atoms with Crippen LogP contribution in [-0.2, 0) is 0 Å². The van der Waals surface area contributed by atoms with E-state index in [-0.39, 0.29) is 10.8 Å². The number of halogens is 1. The zero-order valence-electron chi connectivity index (χ0n) is 8.20. The summed E-state index contributed by atoms with van der Waals surface area (Å²) >= 11 is 5.78. The molecule has 1 aromatic heterocycles. The van der Waals surface area contributed by atoms with Crippen molar-refractivity contribution >= 4 is 17.4 Å². The molecule has 0 atom stereocenters. The molecule has 2 rings (SSSR count). The smallest absolute Gasteiger partial charge is 0.178 e. The van der Waals surface area contributed by atoms with Gasteiger partial charge in [-0.05, 0) is 12.8 Å². The maximum absolute atomic E-state index is 8.64. The third-order valence-electron chi connectivity index (χ3n) is 2.54. The molecule has 0 radical (unpaired) electrons. The van der Waals surface area contributed by atoms with E-state index in [4.69, 9.17) is 16.9 Å². The van der Waals surface area contributed by atoms with Gasteiger partial charge in [0.2, 0.25) is 0 Å². The van der Waals surface area contributed by atoms with Crippen LogP contribution in [0, 0.1) is 11.3 Å². The van der Waals surface area contributed by atoms with E-state index < -0.39 is 0 Å². The van der Waals surface area contributed by atoms with E-state index in [9.17, 15) is 0 Å². The number of aromatic nitrogens is 2. The van der Waals surface area contributed by atoms with Gasteiger partial charge in [0.1, 0.15) is 11.9 Å². The molecule has 0 amide bonds. The van der Waals surface area contributed by atoms with Crippen LogP contribution in [0.2, 0.25) is 5.15 Å². The van der Waals surface area contributed by atoms with Crippen LogP contribution in [-0.4, -0.2) is 16.0 Å². The summed E-state index contributed by atoms with van der Waals surface area (Å²) in [4.78, 5) is 8.00. The fourth-order valence-corrected chi connectivity index (χ4v) is 1.97. The van der Waals surface area contributed by atoms with Gasteiger partial charge in [-0.2, -0.15) is 5.26 Å². The summed E-state index contributed by atoms with van der Waals surface area (Å²) in [5.74, 6) is 0.658. The topological polar surface area (TPSA) is 61.6 Å². The molecule has 1 heterocycles. The fourth-order valence-electron chi connectivity index (χ4n) is 1.79. The molecule has 1 aliphatic rings. The van der Waals surface area contributed by atoms with Crippen LogP contribution < -0.4 is 5.32 Å². The lowest BCUT2D eigenvalue weighted by atomic mass is 10.2. The average Bonchev–Trinajstić information content (AvgIpc) is 2.71. The van der Waals surface area contributed by atoms with Crippen LogP contribution in [0.15, 0.2) is 6.20 Å². The first kappa shape index (κ1) is 10.2. The van der Waals surface area contributed by atoms with Gasteiger partial charge in [0.05, 0.1) is 6.20 Å². The van der Waals surface area contributed by atoms with E-state index in [0.717, 1.165) is 0 Å². The number of nitrogens with one attached hydrogen (secondary N) is 1. The van der Waals surface area contributed by atoms with Crippen LogP contribution in [0.5, 0.6) is 0 Å². The average molecular weight is 223 g/mol. The van der Waals surface area contributed by atoms with Crippen molar-refractivity contribution in [2.45, 2.75) is 31.7 Å². The Morgan fingerprint density at radius 2 is 2.20 bits per heavy atom. The first-order valence-electron chi connectivity index (χ1n) is 4.99. The monoisotopic (exact) mass is 222 g/mol. The minimum atomic E-state index is 0.167. The van der Waals surface area contributed by atoms with Gasteiger partial charge < -0.3 is 5.32 Å². The Kier molecular flexibility index (Phi) is 3.02. The molecule has 1 aromatic rings. The van der Waals surface area contributed by atoms with Crippen molar-refractivity contribution in [2.75, 3.05) is 5.32 Å². The lowest BCUT2D eigenvalue weighted by Crippen LogP contribution is -2.15. The van der Waals surface area contributed by atoms with Gasteiger partial charge >= 0.3 is 0 Å². The Labute approximate surface area is 93.3 Å². The summed E-state index contributed by atoms with van der Waals surface area (Å²) in [6, 6.07) is 2.36. The molecular formula is C10H11ClN4. The number of nitriles is 1. The van der Waals surface area contributed by atoms with Gasteiger partial charge in [-0.3, -0.25) is 0 Å². The number of nitrogens with zero attached hydrogens (tertiary/aromatic N) is 3. The van der Waals surface area contributed by atoms with Crippen molar-refractivity contribution in [3.05, 3.63) is 17.0 Å². The number of rotatable bonds is 2. The van der Waals surface area contributed by atoms with Crippen molar-refractivity contribution in [1.29, 1.82) is 5.26 Å². The Morgan fingerprint density at radius 3 is 2.80 bits per heavy atom. The molecule has 1 fully saturated rings. The first-order valence-corrected chi connectivity index (χ1v) is 5.36. The van der Waals surface area contributed by atoms with Crippen LogP contribution in [0.4, 0.5) is 5.82 Å². The highest BCUT2D eigenvalue weighted by atomic mass is 35.5. The van der Waals surface area contributed by atoms with Crippen molar-refractivity contribution in [3.63, 3.8) is 0 Å². The lowest BCUT2D eigenvalue weighted by molar-refractivity contribution is 0.749. The van der Waals surface area contributed by atoms with E-state index >= 15 is 0 Å². The highest BCUT2D eigenvalue weighted by Gasteiger charge is 2.15. The highest BCUT2D eigenvalue weighted by Crippen LogP contribution is 2.22. The molecule has 4 nitrogen and oxygen atoms in total. The Hall–Kier alpha value is -1.34. The molecular weight excluding hydrogens is 212 g/mol. The van der Waals surface area contributed by atoms with Crippen molar-refractivity contribution in [1.82, 2.24) is 9.97 Å². The molecule has 0 unspecified atom stereocenters. The lowest BCUT2D eigenvalue weighted by Gasteiger charge is -2.11. The third kappa shape index (κ3) is 2.37. The van der Waals surface area contributed by atoms with Gasteiger partial charge in [0, 0.05) is 6.04 Å². The summed E-state index contributed by atoms with van der Waals surface area (Å²) < 4.78 is 0. The molecule has 78 valence electrons. The largest absolute Gasteiger partial charge is 0.366 e. The van der Waals surface area contributed by atoms with E-state index in [1.807, 2.05) is 6.07 Å². The maximum atomic E-state index is 8.64. The second-order valence-electron chi connectivity index (χ2n) is 3.63. The standard InChI is InChI=1S/C10H11ClN4/c11-10-8(5-12)13-6-9(15-10)14-7-3-1-2-4-7/h6-7H,1-4H2,(H,14,15). The van der Waals surface area contributed by atoms with E-state index in [1.54, 1.807) is 6.20 Å². The van der Waals surface area contributed by atoms with Gasteiger partial charge in [0.15, 0.2) is 10.8 Å². The first-order chi connectivity index (χ1) is 7.29. The summed E-state index contributed by atoms with van der Waals surface area (Å²) in [5, 5.41) is 12.1.